The van der Waals surface area contributed by atoms with E-state index < -0.39 is 0 Å². The fourth-order valence-electron chi connectivity index (χ4n) is 4.09. The van der Waals surface area contributed by atoms with Crippen LogP contribution in [-0.4, -0.2) is 35.6 Å². The molecule has 2 aromatic heterocycles. The number of rotatable bonds is 3. The van der Waals surface area contributed by atoms with E-state index in [-0.39, 0.29) is 11.9 Å². The lowest BCUT2D eigenvalue weighted by Gasteiger charge is -2.33. The number of ether oxygens (including phenoxy) is 1. The van der Waals surface area contributed by atoms with Crippen LogP contribution in [0, 0.1) is 12.8 Å². The molecule has 0 radical (unpaired) electrons. The lowest BCUT2D eigenvalue weighted by molar-refractivity contribution is -0.148. The molecule has 0 bridgehead atoms. The molecule has 1 fully saturated rings. The number of nitrogens with zero attached hydrogens (tertiary/aromatic N) is 3. The number of piperidine rings is 1. The van der Waals surface area contributed by atoms with Gasteiger partial charge in [-0.1, -0.05) is 0 Å². The first-order valence-corrected chi connectivity index (χ1v) is 10.2. The lowest BCUT2D eigenvalue weighted by Crippen LogP contribution is -2.40. The number of aromatic nitrogens is 2. The molecule has 1 aliphatic heterocycles. The zero-order chi connectivity index (χ0) is 17.4. The third kappa shape index (κ3) is 3.12. The molecule has 1 aliphatic carbocycles. The van der Waals surface area contributed by atoms with Crippen LogP contribution in [0.2, 0.25) is 0 Å². The van der Waals surface area contributed by atoms with Gasteiger partial charge in [0.15, 0.2) is 0 Å². The van der Waals surface area contributed by atoms with Gasteiger partial charge in [-0.2, -0.15) is 0 Å². The van der Waals surface area contributed by atoms with E-state index in [1.807, 2.05) is 25.2 Å². The topological polar surface area (TPSA) is 55.3 Å². The van der Waals surface area contributed by atoms with Crippen LogP contribution in [0.15, 0.2) is 0 Å². The second-order valence-electron chi connectivity index (χ2n) is 7.02. The van der Waals surface area contributed by atoms with E-state index in [9.17, 15) is 4.79 Å². The maximum atomic E-state index is 12.2. The predicted octanol–water partition coefficient (Wildman–Crippen LogP) is 3.66. The Morgan fingerprint density at radius 3 is 2.96 bits per heavy atom. The van der Waals surface area contributed by atoms with Gasteiger partial charge in [0, 0.05) is 18.0 Å². The smallest absolute Gasteiger partial charge is 0.310 e. The van der Waals surface area contributed by atoms with Crippen LogP contribution in [0.1, 0.15) is 48.9 Å². The van der Waals surface area contributed by atoms with Crippen molar-refractivity contribution in [3.05, 3.63) is 16.3 Å². The number of aryl methyl sites for hydroxylation is 3. The first kappa shape index (κ1) is 16.8. The van der Waals surface area contributed by atoms with Crippen molar-refractivity contribution >= 4 is 33.3 Å². The van der Waals surface area contributed by atoms with Gasteiger partial charge in [0.1, 0.15) is 16.5 Å². The summed E-state index contributed by atoms with van der Waals surface area (Å²) in [5.41, 5.74) is 1.46. The van der Waals surface area contributed by atoms with Gasteiger partial charge in [0.05, 0.1) is 17.9 Å². The van der Waals surface area contributed by atoms with Crippen molar-refractivity contribution < 1.29 is 9.53 Å². The predicted molar refractivity (Wildman–Crippen MR) is 100 cm³/mol. The van der Waals surface area contributed by atoms with Gasteiger partial charge in [0.2, 0.25) is 0 Å². The van der Waals surface area contributed by atoms with Crippen LogP contribution in [0.25, 0.3) is 10.2 Å². The highest BCUT2D eigenvalue weighted by Gasteiger charge is 2.30. The molecule has 2 aliphatic rings. The van der Waals surface area contributed by atoms with E-state index >= 15 is 0 Å². The van der Waals surface area contributed by atoms with Crippen molar-refractivity contribution in [2.75, 3.05) is 24.6 Å². The van der Waals surface area contributed by atoms with Crippen LogP contribution in [0.3, 0.4) is 0 Å². The zero-order valence-electron chi connectivity index (χ0n) is 15.0. The third-order valence-corrected chi connectivity index (χ3v) is 6.43. The number of carbonyl (C=O) groups excluding carboxylic acids is 1. The SMILES string of the molecule is CCOC(=O)C1CCCN(c2nc(C)nc3sc4c(c23)CCCC4)C1. The van der Waals surface area contributed by atoms with Crippen LogP contribution in [0.4, 0.5) is 5.82 Å². The van der Waals surface area contributed by atoms with Gasteiger partial charge in [-0.05, 0) is 57.9 Å². The molecule has 0 spiro atoms. The molecule has 134 valence electrons. The molecule has 2 aromatic rings. The largest absolute Gasteiger partial charge is 0.466 e. The van der Waals surface area contributed by atoms with Crippen molar-refractivity contribution in [3.63, 3.8) is 0 Å². The fraction of sp³-hybridized carbons (Fsp3) is 0.632. The van der Waals surface area contributed by atoms with Gasteiger partial charge in [-0.3, -0.25) is 4.79 Å². The maximum absolute atomic E-state index is 12.2. The summed E-state index contributed by atoms with van der Waals surface area (Å²) in [5, 5.41) is 1.25. The summed E-state index contributed by atoms with van der Waals surface area (Å²) < 4.78 is 5.26. The number of hydrogen-bond acceptors (Lipinski definition) is 6. The molecular formula is C19H25N3O2S. The van der Waals surface area contributed by atoms with Crippen molar-refractivity contribution in [1.29, 1.82) is 0 Å². The van der Waals surface area contributed by atoms with E-state index in [2.05, 4.69) is 4.90 Å². The Morgan fingerprint density at radius 2 is 2.12 bits per heavy atom. The van der Waals surface area contributed by atoms with Gasteiger partial charge in [-0.25, -0.2) is 9.97 Å². The number of fused-ring (bicyclic) bond motifs is 3. The minimum atomic E-state index is -0.0680. The zero-order valence-corrected chi connectivity index (χ0v) is 15.8. The number of carbonyl (C=O) groups is 1. The lowest BCUT2D eigenvalue weighted by atomic mass is 9.95. The van der Waals surface area contributed by atoms with Crippen LogP contribution < -0.4 is 4.90 Å². The Morgan fingerprint density at radius 1 is 1.28 bits per heavy atom. The van der Waals surface area contributed by atoms with E-state index in [1.165, 1.54) is 35.1 Å². The van der Waals surface area contributed by atoms with Crippen LogP contribution in [0.5, 0.6) is 0 Å². The minimum Gasteiger partial charge on any atom is -0.466 e. The average molecular weight is 359 g/mol. The summed E-state index contributed by atoms with van der Waals surface area (Å²) in [7, 11) is 0. The molecule has 6 heteroatoms. The summed E-state index contributed by atoms with van der Waals surface area (Å²) in [5.74, 6) is 1.74. The summed E-state index contributed by atoms with van der Waals surface area (Å²) in [4.78, 5) is 26.6. The Kier molecular flexibility index (Phi) is 4.63. The molecule has 0 saturated carbocycles. The Bertz CT molecular complexity index is 802. The van der Waals surface area contributed by atoms with Crippen LogP contribution in [-0.2, 0) is 22.4 Å². The van der Waals surface area contributed by atoms with E-state index in [4.69, 9.17) is 14.7 Å². The van der Waals surface area contributed by atoms with Gasteiger partial charge < -0.3 is 9.64 Å². The van der Waals surface area contributed by atoms with E-state index in [0.717, 1.165) is 42.3 Å². The second kappa shape index (κ2) is 6.90. The molecule has 1 unspecified atom stereocenters. The average Bonchev–Trinajstić information content (AvgIpc) is 2.99. The first-order valence-electron chi connectivity index (χ1n) is 9.38. The molecule has 5 nitrogen and oxygen atoms in total. The molecule has 0 amide bonds. The van der Waals surface area contributed by atoms with Crippen molar-refractivity contribution in [3.8, 4) is 0 Å². The fourth-order valence-corrected chi connectivity index (χ4v) is 5.39. The Balaban J connectivity index is 1.72. The van der Waals surface area contributed by atoms with Crippen molar-refractivity contribution in [2.24, 2.45) is 5.92 Å². The molecule has 1 atom stereocenters. The van der Waals surface area contributed by atoms with Gasteiger partial charge in [0.25, 0.3) is 0 Å². The molecule has 25 heavy (non-hydrogen) atoms. The minimum absolute atomic E-state index is 0.0477. The quantitative estimate of drug-likeness (QED) is 0.783. The standard InChI is InChI=1S/C19H25N3O2S/c1-3-24-19(23)13-7-6-10-22(11-13)17-16-14-8-4-5-9-15(14)25-18(16)21-12(2)20-17/h13H,3-11H2,1-2H3. The Hall–Kier alpha value is -1.69. The van der Waals surface area contributed by atoms with Gasteiger partial charge >= 0.3 is 5.97 Å². The highest BCUT2D eigenvalue weighted by atomic mass is 32.1. The normalized spacial score (nSPS) is 20.6. The molecule has 3 heterocycles. The number of thiophene rings is 1. The highest BCUT2D eigenvalue weighted by Crippen LogP contribution is 2.40. The third-order valence-electron chi connectivity index (χ3n) is 5.25. The molecule has 1 saturated heterocycles. The molecule has 0 aromatic carbocycles. The number of anilines is 1. The second-order valence-corrected chi connectivity index (χ2v) is 8.11. The maximum Gasteiger partial charge on any atom is 0.310 e. The Labute approximate surface area is 152 Å². The summed E-state index contributed by atoms with van der Waals surface area (Å²) in [6, 6.07) is 0. The van der Waals surface area contributed by atoms with Crippen molar-refractivity contribution in [1.82, 2.24) is 9.97 Å². The summed E-state index contributed by atoms with van der Waals surface area (Å²) in [6.07, 6.45) is 6.72. The molecule has 4 rings (SSSR count). The van der Waals surface area contributed by atoms with Crippen molar-refractivity contribution in [2.45, 2.75) is 52.4 Å². The molecule has 0 N–H and O–H groups in total. The highest BCUT2D eigenvalue weighted by molar-refractivity contribution is 7.19. The van der Waals surface area contributed by atoms with Crippen LogP contribution >= 0.6 is 11.3 Å². The monoisotopic (exact) mass is 359 g/mol. The summed E-state index contributed by atoms with van der Waals surface area (Å²) in [6.45, 7) is 5.94. The van der Waals surface area contributed by atoms with E-state index in [1.54, 1.807) is 0 Å². The summed E-state index contributed by atoms with van der Waals surface area (Å²) >= 11 is 1.84. The molecular weight excluding hydrogens is 334 g/mol. The number of hydrogen-bond donors (Lipinski definition) is 0. The van der Waals surface area contributed by atoms with E-state index in [0.29, 0.717) is 13.2 Å². The first-order chi connectivity index (χ1) is 12.2. The van der Waals surface area contributed by atoms with Gasteiger partial charge in [-0.15, -0.1) is 11.3 Å². The number of esters is 1.